The Morgan fingerprint density at radius 1 is 1.20 bits per heavy atom. The van der Waals surface area contributed by atoms with Crippen molar-refractivity contribution in [2.24, 2.45) is 5.41 Å². The van der Waals surface area contributed by atoms with Crippen LogP contribution in [0.3, 0.4) is 0 Å². The van der Waals surface area contributed by atoms with E-state index in [1.807, 2.05) is 0 Å². The second-order valence-corrected chi connectivity index (χ2v) is 4.93. The minimum absolute atomic E-state index is 0.208. The molecule has 1 heterocycles. The number of hydrogen-bond acceptors (Lipinski definition) is 3. The highest BCUT2D eigenvalue weighted by molar-refractivity contribution is 5.91. The normalized spacial score (nSPS) is 38.2. The molecule has 0 radical (unpaired) electrons. The average Bonchev–Trinajstić information content (AvgIpc) is 2.78. The number of carbonyl (C=O) groups is 1. The van der Waals surface area contributed by atoms with E-state index in [1.54, 1.807) is 0 Å². The van der Waals surface area contributed by atoms with Crippen LogP contribution in [0.1, 0.15) is 32.6 Å². The quantitative estimate of drug-likeness (QED) is 0.570. The lowest BCUT2D eigenvalue weighted by Gasteiger charge is -2.36. The van der Waals surface area contributed by atoms with E-state index in [9.17, 15) is 4.79 Å². The van der Waals surface area contributed by atoms with Gasteiger partial charge in [0, 0.05) is 18.3 Å². The molecule has 1 spiro atoms. The molecule has 3 heteroatoms. The van der Waals surface area contributed by atoms with Crippen LogP contribution in [0.25, 0.3) is 0 Å². The van der Waals surface area contributed by atoms with Crippen molar-refractivity contribution in [2.75, 3.05) is 13.2 Å². The number of rotatable bonds is 0. The number of hydrogen-bond donors (Lipinski definition) is 0. The smallest absolute Gasteiger partial charge is 0.188 e. The third-order valence-corrected chi connectivity index (χ3v) is 4.09. The zero-order valence-corrected chi connectivity index (χ0v) is 9.04. The maximum Gasteiger partial charge on any atom is 0.188 e. The van der Waals surface area contributed by atoms with Gasteiger partial charge >= 0.3 is 0 Å². The molecule has 0 aromatic heterocycles. The Morgan fingerprint density at radius 2 is 1.93 bits per heavy atom. The highest BCUT2D eigenvalue weighted by Gasteiger charge is 2.49. The molecule has 82 valence electrons. The molecule has 0 aromatic carbocycles. The van der Waals surface area contributed by atoms with Crippen LogP contribution in [-0.4, -0.2) is 24.8 Å². The van der Waals surface area contributed by atoms with E-state index in [0.717, 1.165) is 19.3 Å². The Morgan fingerprint density at radius 3 is 2.67 bits per heavy atom. The first kappa shape index (κ1) is 9.55. The predicted octanol–water partition coefficient (Wildman–Crippen LogP) is 1.82. The summed E-state index contributed by atoms with van der Waals surface area (Å²) in [6, 6.07) is 0. The van der Waals surface area contributed by atoms with Crippen molar-refractivity contribution in [2.45, 2.75) is 38.4 Å². The second kappa shape index (κ2) is 2.92. The Bertz CT molecular complexity index is 339. The highest BCUT2D eigenvalue weighted by atomic mass is 16.7. The number of ketones is 1. The predicted molar refractivity (Wildman–Crippen MR) is 54.3 cm³/mol. The lowest BCUT2D eigenvalue weighted by atomic mass is 9.73. The molecule has 1 atom stereocenters. The van der Waals surface area contributed by atoms with Crippen LogP contribution in [0.15, 0.2) is 11.6 Å². The van der Waals surface area contributed by atoms with Crippen molar-refractivity contribution < 1.29 is 14.3 Å². The fourth-order valence-corrected chi connectivity index (χ4v) is 2.97. The van der Waals surface area contributed by atoms with E-state index in [2.05, 4.69) is 13.0 Å². The fourth-order valence-electron chi connectivity index (χ4n) is 2.97. The lowest BCUT2D eigenvalue weighted by Crippen LogP contribution is -2.38. The number of Topliss-reactive ketones (excluding diaryl/α,β-unsaturated/α-hetero) is 1. The maximum absolute atomic E-state index is 11.8. The second-order valence-electron chi connectivity index (χ2n) is 4.93. The molecule has 3 rings (SSSR count). The summed E-state index contributed by atoms with van der Waals surface area (Å²) in [6.07, 6.45) is 5.35. The first-order valence-corrected chi connectivity index (χ1v) is 5.68. The van der Waals surface area contributed by atoms with Crippen LogP contribution in [-0.2, 0) is 14.3 Å². The van der Waals surface area contributed by atoms with Gasteiger partial charge in [0.2, 0.25) is 0 Å². The number of ether oxygens (including phenoxy) is 2. The Kier molecular flexibility index (Phi) is 1.86. The SMILES string of the molecule is C[C@@]12CCC3(C=C1CCC2=O)OCCO3. The highest BCUT2D eigenvalue weighted by Crippen LogP contribution is 2.50. The average molecular weight is 208 g/mol. The largest absolute Gasteiger partial charge is 0.344 e. The third kappa shape index (κ3) is 1.23. The van der Waals surface area contributed by atoms with E-state index < -0.39 is 5.79 Å². The molecular weight excluding hydrogens is 192 g/mol. The molecule has 0 amide bonds. The Hall–Kier alpha value is -0.670. The van der Waals surface area contributed by atoms with Gasteiger partial charge in [0.25, 0.3) is 0 Å². The third-order valence-electron chi connectivity index (χ3n) is 4.09. The first-order chi connectivity index (χ1) is 7.15. The minimum Gasteiger partial charge on any atom is -0.344 e. The van der Waals surface area contributed by atoms with Crippen LogP contribution in [0.2, 0.25) is 0 Å². The van der Waals surface area contributed by atoms with E-state index in [0.29, 0.717) is 25.4 Å². The standard InChI is InChI=1S/C12H16O3/c1-11-4-5-12(14-6-7-15-12)8-9(11)2-3-10(11)13/h8H,2-7H2,1H3/t11-/m1/s1. The van der Waals surface area contributed by atoms with Crippen LogP contribution in [0, 0.1) is 5.41 Å². The molecule has 1 saturated carbocycles. The van der Waals surface area contributed by atoms with Crippen LogP contribution < -0.4 is 0 Å². The molecule has 0 bridgehead atoms. The van der Waals surface area contributed by atoms with Crippen LogP contribution in [0.5, 0.6) is 0 Å². The fraction of sp³-hybridized carbons (Fsp3) is 0.750. The summed E-state index contributed by atoms with van der Waals surface area (Å²) in [6.45, 7) is 3.42. The minimum atomic E-state index is -0.487. The van der Waals surface area contributed by atoms with Gasteiger partial charge in [-0.25, -0.2) is 0 Å². The first-order valence-electron chi connectivity index (χ1n) is 5.68. The number of carbonyl (C=O) groups excluding carboxylic acids is 1. The zero-order chi connectivity index (χ0) is 10.5. The van der Waals surface area contributed by atoms with Crippen molar-refractivity contribution in [1.29, 1.82) is 0 Å². The van der Waals surface area contributed by atoms with Gasteiger partial charge in [0.1, 0.15) is 5.78 Å². The summed E-state index contributed by atoms with van der Waals surface area (Å²) in [5, 5.41) is 0. The van der Waals surface area contributed by atoms with Gasteiger partial charge in [-0.05, 0) is 25.8 Å². The summed E-state index contributed by atoms with van der Waals surface area (Å²) in [4.78, 5) is 11.8. The Balaban J connectivity index is 1.98. The van der Waals surface area contributed by atoms with Gasteiger partial charge in [-0.15, -0.1) is 0 Å². The van der Waals surface area contributed by atoms with E-state index in [4.69, 9.17) is 9.47 Å². The van der Waals surface area contributed by atoms with Crippen molar-refractivity contribution >= 4 is 5.78 Å². The molecular formula is C12H16O3. The molecule has 0 aromatic rings. The van der Waals surface area contributed by atoms with E-state index in [1.165, 1.54) is 5.57 Å². The van der Waals surface area contributed by atoms with Gasteiger partial charge in [-0.3, -0.25) is 4.79 Å². The summed E-state index contributed by atoms with van der Waals surface area (Å²) in [5.74, 6) is -0.0963. The maximum atomic E-state index is 11.8. The van der Waals surface area contributed by atoms with E-state index in [-0.39, 0.29) is 5.41 Å². The van der Waals surface area contributed by atoms with Gasteiger partial charge in [-0.1, -0.05) is 5.57 Å². The van der Waals surface area contributed by atoms with Crippen molar-refractivity contribution in [1.82, 2.24) is 0 Å². The molecule has 0 unspecified atom stereocenters. The summed E-state index contributed by atoms with van der Waals surface area (Å²) >= 11 is 0. The van der Waals surface area contributed by atoms with Gasteiger partial charge in [-0.2, -0.15) is 0 Å². The summed E-state index contributed by atoms with van der Waals surface area (Å²) in [7, 11) is 0. The molecule has 1 aliphatic heterocycles. The molecule has 3 nitrogen and oxygen atoms in total. The van der Waals surface area contributed by atoms with Crippen LogP contribution in [0.4, 0.5) is 0 Å². The van der Waals surface area contributed by atoms with E-state index >= 15 is 0 Å². The number of fused-ring (bicyclic) bond motifs is 1. The van der Waals surface area contributed by atoms with Crippen LogP contribution >= 0.6 is 0 Å². The topological polar surface area (TPSA) is 35.5 Å². The Labute approximate surface area is 89.4 Å². The molecule has 3 aliphatic rings. The van der Waals surface area contributed by atoms with Gasteiger partial charge in [0.05, 0.1) is 13.2 Å². The van der Waals surface area contributed by atoms with Crippen molar-refractivity contribution in [3.63, 3.8) is 0 Å². The van der Waals surface area contributed by atoms with Gasteiger partial charge in [0.15, 0.2) is 5.79 Å². The van der Waals surface area contributed by atoms with Gasteiger partial charge < -0.3 is 9.47 Å². The number of allylic oxidation sites excluding steroid dienone is 1. The zero-order valence-electron chi connectivity index (χ0n) is 9.04. The molecule has 15 heavy (non-hydrogen) atoms. The molecule has 2 fully saturated rings. The molecule has 1 saturated heterocycles. The summed E-state index contributed by atoms with van der Waals surface area (Å²) < 4.78 is 11.3. The molecule has 0 N–H and O–H groups in total. The lowest BCUT2D eigenvalue weighted by molar-refractivity contribution is -0.139. The van der Waals surface area contributed by atoms with Crippen molar-refractivity contribution in [3.8, 4) is 0 Å². The monoisotopic (exact) mass is 208 g/mol. The summed E-state index contributed by atoms with van der Waals surface area (Å²) in [5.41, 5.74) is 1.03. The van der Waals surface area contributed by atoms with Crippen molar-refractivity contribution in [3.05, 3.63) is 11.6 Å². The molecule has 2 aliphatic carbocycles.